The lowest BCUT2D eigenvalue weighted by Crippen LogP contribution is -2.21. The molecule has 0 atom stereocenters. The fourth-order valence-corrected chi connectivity index (χ4v) is 1.32. The second kappa shape index (κ2) is 6.62. The number of halogens is 1. The van der Waals surface area contributed by atoms with Gasteiger partial charge >= 0.3 is 5.97 Å². The van der Waals surface area contributed by atoms with Crippen molar-refractivity contribution < 1.29 is 14.3 Å². The van der Waals surface area contributed by atoms with Crippen LogP contribution in [0.2, 0.25) is 5.02 Å². The second-order valence-corrected chi connectivity index (χ2v) is 3.80. The number of benzene rings is 1. The van der Waals surface area contributed by atoms with E-state index in [0.717, 1.165) is 0 Å². The third-order valence-electron chi connectivity index (χ3n) is 2.03. The van der Waals surface area contributed by atoms with Crippen LogP contribution < -0.4 is 5.32 Å². The van der Waals surface area contributed by atoms with E-state index >= 15 is 0 Å². The number of esters is 1. The maximum Gasteiger partial charge on any atom is 0.306 e. The standard InChI is InChI=1S/C12H11ClN2O3/c1-2-12(17)18-7-11(16)15-10-5-9(13)4-3-8(10)6-14/h3-5H,2,7H2,1H3,(H,15,16). The predicted molar refractivity (Wildman–Crippen MR) is 66.0 cm³/mol. The van der Waals surface area contributed by atoms with Gasteiger partial charge in [0.2, 0.25) is 0 Å². The number of carbonyl (C=O) groups excluding carboxylic acids is 2. The summed E-state index contributed by atoms with van der Waals surface area (Å²) in [6, 6.07) is 6.43. The normalized spacial score (nSPS) is 9.39. The molecule has 0 radical (unpaired) electrons. The van der Waals surface area contributed by atoms with Gasteiger partial charge in [-0.3, -0.25) is 9.59 Å². The van der Waals surface area contributed by atoms with Gasteiger partial charge in [-0.05, 0) is 18.2 Å². The summed E-state index contributed by atoms with van der Waals surface area (Å²) in [7, 11) is 0. The smallest absolute Gasteiger partial charge is 0.306 e. The average Bonchev–Trinajstić information content (AvgIpc) is 2.36. The van der Waals surface area contributed by atoms with E-state index in [0.29, 0.717) is 10.7 Å². The first-order chi connectivity index (χ1) is 8.56. The summed E-state index contributed by atoms with van der Waals surface area (Å²) in [5, 5.41) is 11.7. The van der Waals surface area contributed by atoms with Crippen LogP contribution in [0.4, 0.5) is 5.69 Å². The van der Waals surface area contributed by atoms with E-state index in [2.05, 4.69) is 10.1 Å². The summed E-state index contributed by atoms with van der Waals surface area (Å²) < 4.78 is 4.66. The van der Waals surface area contributed by atoms with Crippen molar-refractivity contribution >= 4 is 29.2 Å². The Hall–Kier alpha value is -2.06. The van der Waals surface area contributed by atoms with Crippen molar-refractivity contribution in [3.8, 4) is 6.07 Å². The topological polar surface area (TPSA) is 79.2 Å². The van der Waals surface area contributed by atoms with Gasteiger partial charge in [-0.25, -0.2) is 0 Å². The van der Waals surface area contributed by atoms with Crippen molar-refractivity contribution in [2.75, 3.05) is 11.9 Å². The van der Waals surface area contributed by atoms with Crippen LogP contribution in [0.25, 0.3) is 0 Å². The molecule has 0 saturated heterocycles. The van der Waals surface area contributed by atoms with E-state index in [1.165, 1.54) is 12.1 Å². The molecule has 0 aliphatic heterocycles. The van der Waals surface area contributed by atoms with Crippen LogP contribution in [-0.4, -0.2) is 18.5 Å². The highest BCUT2D eigenvalue weighted by Crippen LogP contribution is 2.20. The number of hydrogen-bond donors (Lipinski definition) is 1. The molecule has 0 heterocycles. The molecule has 5 nitrogen and oxygen atoms in total. The molecule has 18 heavy (non-hydrogen) atoms. The molecule has 6 heteroatoms. The Labute approximate surface area is 109 Å². The number of rotatable bonds is 4. The van der Waals surface area contributed by atoms with Gasteiger partial charge in [0.1, 0.15) is 6.07 Å². The van der Waals surface area contributed by atoms with Gasteiger partial charge in [0.15, 0.2) is 6.61 Å². The molecule has 94 valence electrons. The number of nitrogens with zero attached hydrogens (tertiary/aromatic N) is 1. The van der Waals surface area contributed by atoms with E-state index in [-0.39, 0.29) is 18.6 Å². The molecule has 0 aliphatic rings. The van der Waals surface area contributed by atoms with Crippen molar-refractivity contribution in [3.05, 3.63) is 28.8 Å². The quantitative estimate of drug-likeness (QED) is 0.847. The minimum atomic E-state index is -0.518. The van der Waals surface area contributed by atoms with Gasteiger partial charge in [0, 0.05) is 11.4 Å². The first-order valence-corrected chi connectivity index (χ1v) is 5.59. The van der Waals surface area contributed by atoms with Crippen LogP contribution in [0, 0.1) is 11.3 Å². The Bertz CT molecular complexity index is 509. The van der Waals surface area contributed by atoms with Crippen molar-refractivity contribution in [1.82, 2.24) is 0 Å². The molecule has 1 amide bonds. The maximum atomic E-state index is 11.5. The summed E-state index contributed by atoms with van der Waals surface area (Å²) in [6.07, 6.45) is 0.202. The molecule has 0 bridgehead atoms. The van der Waals surface area contributed by atoms with Crippen LogP contribution >= 0.6 is 11.6 Å². The molecule has 0 aromatic heterocycles. The number of hydrogen-bond acceptors (Lipinski definition) is 4. The van der Waals surface area contributed by atoms with E-state index in [1.54, 1.807) is 13.0 Å². The van der Waals surface area contributed by atoms with Crippen molar-refractivity contribution in [2.45, 2.75) is 13.3 Å². The highest BCUT2D eigenvalue weighted by atomic mass is 35.5. The van der Waals surface area contributed by atoms with Gasteiger partial charge in [-0.2, -0.15) is 5.26 Å². The first-order valence-electron chi connectivity index (χ1n) is 5.22. The van der Waals surface area contributed by atoms with Crippen molar-refractivity contribution in [1.29, 1.82) is 5.26 Å². The van der Waals surface area contributed by atoms with Crippen LogP contribution in [-0.2, 0) is 14.3 Å². The molecular formula is C12H11ClN2O3. The summed E-state index contributed by atoms with van der Waals surface area (Å²) in [6.45, 7) is 1.25. The fraction of sp³-hybridized carbons (Fsp3) is 0.250. The Kier molecular flexibility index (Phi) is 5.15. The zero-order valence-corrected chi connectivity index (χ0v) is 10.5. The number of ether oxygens (including phenoxy) is 1. The molecule has 1 aromatic carbocycles. The Morgan fingerprint density at radius 2 is 2.22 bits per heavy atom. The Morgan fingerprint density at radius 3 is 2.83 bits per heavy atom. The van der Waals surface area contributed by atoms with Gasteiger partial charge in [0.05, 0.1) is 11.3 Å². The molecule has 0 fully saturated rings. The molecule has 0 saturated carbocycles. The lowest BCUT2D eigenvalue weighted by Gasteiger charge is -2.07. The van der Waals surface area contributed by atoms with E-state index < -0.39 is 11.9 Å². The molecule has 0 spiro atoms. The number of nitriles is 1. The van der Waals surface area contributed by atoms with Crippen LogP contribution in [0.1, 0.15) is 18.9 Å². The molecule has 1 rings (SSSR count). The molecule has 0 aliphatic carbocycles. The zero-order chi connectivity index (χ0) is 13.5. The van der Waals surface area contributed by atoms with Gasteiger partial charge in [-0.1, -0.05) is 18.5 Å². The van der Waals surface area contributed by atoms with Crippen LogP contribution in [0.5, 0.6) is 0 Å². The third kappa shape index (κ3) is 4.07. The number of amides is 1. The van der Waals surface area contributed by atoms with E-state index in [1.807, 2.05) is 6.07 Å². The minimum absolute atomic E-state index is 0.202. The number of nitrogens with one attached hydrogen (secondary N) is 1. The first kappa shape index (κ1) is 14.0. The number of anilines is 1. The predicted octanol–water partition coefficient (Wildman–Crippen LogP) is 2.10. The molecule has 1 N–H and O–H groups in total. The summed E-state index contributed by atoms with van der Waals surface area (Å²) in [4.78, 5) is 22.3. The van der Waals surface area contributed by atoms with Gasteiger partial charge in [-0.15, -0.1) is 0 Å². The van der Waals surface area contributed by atoms with Gasteiger partial charge in [0.25, 0.3) is 5.91 Å². The Balaban J connectivity index is 2.67. The van der Waals surface area contributed by atoms with Crippen LogP contribution in [0.3, 0.4) is 0 Å². The largest absolute Gasteiger partial charge is 0.456 e. The SMILES string of the molecule is CCC(=O)OCC(=O)Nc1cc(Cl)ccc1C#N. The van der Waals surface area contributed by atoms with E-state index in [4.69, 9.17) is 16.9 Å². The van der Waals surface area contributed by atoms with Crippen molar-refractivity contribution in [3.63, 3.8) is 0 Å². The molecule has 1 aromatic rings. The lowest BCUT2D eigenvalue weighted by atomic mass is 10.2. The highest BCUT2D eigenvalue weighted by molar-refractivity contribution is 6.31. The van der Waals surface area contributed by atoms with Crippen molar-refractivity contribution in [2.24, 2.45) is 0 Å². The molecule has 0 unspecified atom stereocenters. The summed E-state index contributed by atoms with van der Waals surface area (Å²) >= 11 is 5.76. The second-order valence-electron chi connectivity index (χ2n) is 3.36. The van der Waals surface area contributed by atoms with E-state index in [9.17, 15) is 9.59 Å². The average molecular weight is 267 g/mol. The summed E-state index contributed by atoms with van der Waals surface area (Å²) in [5.74, 6) is -0.979. The molecular weight excluding hydrogens is 256 g/mol. The lowest BCUT2D eigenvalue weighted by molar-refractivity contribution is -0.146. The monoisotopic (exact) mass is 266 g/mol. The Morgan fingerprint density at radius 1 is 1.50 bits per heavy atom. The zero-order valence-electron chi connectivity index (χ0n) is 9.70. The maximum absolute atomic E-state index is 11.5. The third-order valence-corrected chi connectivity index (χ3v) is 2.26. The minimum Gasteiger partial charge on any atom is -0.456 e. The van der Waals surface area contributed by atoms with Gasteiger partial charge < -0.3 is 10.1 Å². The summed E-state index contributed by atoms with van der Waals surface area (Å²) in [5.41, 5.74) is 0.581. The number of carbonyl (C=O) groups is 2. The highest BCUT2D eigenvalue weighted by Gasteiger charge is 2.09. The fourth-order valence-electron chi connectivity index (χ4n) is 1.15. The van der Waals surface area contributed by atoms with Crippen LogP contribution in [0.15, 0.2) is 18.2 Å².